The van der Waals surface area contributed by atoms with Gasteiger partial charge in [-0.1, -0.05) is 80.1 Å². The number of rotatable bonds is 14. The number of cyclic esters (lactones) is 2. The summed E-state index contributed by atoms with van der Waals surface area (Å²) in [5.41, 5.74) is 3.13. The Labute approximate surface area is 659 Å². The highest BCUT2D eigenvalue weighted by atomic mass is 19.1. The first-order valence-corrected chi connectivity index (χ1v) is 39.5. The smallest absolute Gasteiger partial charge is 0.328 e. The summed E-state index contributed by atoms with van der Waals surface area (Å²) >= 11 is 0. The Morgan fingerprint density at radius 2 is 0.868 bits per heavy atom. The van der Waals surface area contributed by atoms with E-state index < -0.39 is 181 Å². The Balaban J connectivity index is 0.000000211. The van der Waals surface area contributed by atoms with Crippen LogP contribution in [0.2, 0.25) is 0 Å². The number of benzene rings is 4. The van der Waals surface area contributed by atoms with Crippen LogP contribution in [0.5, 0.6) is 11.5 Å². The maximum atomic E-state index is 14.5. The van der Waals surface area contributed by atoms with Gasteiger partial charge in [0.2, 0.25) is 77.7 Å². The van der Waals surface area contributed by atoms with Gasteiger partial charge >= 0.3 is 11.9 Å². The molecule has 14 atom stereocenters. The van der Waals surface area contributed by atoms with Gasteiger partial charge in [0.15, 0.2) is 11.5 Å². The SMILES string of the molecule is C[C@H]1C[C@H]2C(=O)OC[C@H](NC(=O)[C@H](Cc3cc(F)cc(F)c3)NC(=O)Cc3ccc4c(c3)OCO4)C(=O)N3CCC[C@H]3C(=O)N3CCCC[C@H]3C(=O)N[C@@H](C)C(=O)N2C1.Cc1ccc(CC(=O)N[C@@H](Cc2ccccc2)C(=O)N[C@H]2COC(=O)[C@@H]3C[C@H](C)CN3C(=O)[C@H](C)NC(=O)[C@@H]3CCCCN3C(=O)[C@@H]3CCCN3C2=O)cc1. The third-order valence-corrected chi connectivity index (χ3v) is 22.7. The van der Waals surface area contributed by atoms with Crippen LogP contribution in [0.1, 0.15) is 133 Å². The fraction of sp³-hybridized carbons (Fsp3) is 0.537. The second-order valence-electron chi connectivity index (χ2n) is 31.4. The van der Waals surface area contributed by atoms with E-state index in [1.165, 1.54) is 36.3 Å². The third kappa shape index (κ3) is 19.7. The molecule has 610 valence electrons. The third-order valence-electron chi connectivity index (χ3n) is 22.7. The highest BCUT2D eigenvalue weighted by Gasteiger charge is 2.49. The molecule has 13 rings (SSSR count). The summed E-state index contributed by atoms with van der Waals surface area (Å²) < 4.78 is 50.9. The van der Waals surface area contributed by atoms with Crippen LogP contribution in [0.4, 0.5) is 8.78 Å². The topological polar surface area (TPSA) is 368 Å². The van der Waals surface area contributed by atoms with Crippen LogP contribution < -0.4 is 41.4 Å². The predicted octanol–water partition coefficient (Wildman–Crippen LogP) is 2.54. The lowest BCUT2D eigenvalue weighted by Crippen LogP contribution is -2.62. The van der Waals surface area contributed by atoms with E-state index in [-0.39, 0.29) is 94.9 Å². The number of nitrogens with one attached hydrogen (secondary N) is 6. The molecular weight excluding hydrogens is 1480 g/mol. The van der Waals surface area contributed by atoms with Crippen LogP contribution in [0, 0.1) is 30.4 Å². The van der Waals surface area contributed by atoms with E-state index in [1.807, 2.05) is 75.4 Å². The quantitative estimate of drug-likeness (QED) is 0.0988. The van der Waals surface area contributed by atoms with Crippen molar-refractivity contribution >= 4 is 82.8 Å². The largest absolute Gasteiger partial charge is 0.461 e. The maximum Gasteiger partial charge on any atom is 0.328 e. The number of nitrogens with zero attached hydrogens (tertiary/aromatic N) is 6. The molecule has 0 bridgehead atoms. The van der Waals surface area contributed by atoms with Gasteiger partial charge in [-0.15, -0.1) is 0 Å². The summed E-state index contributed by atoms with van der Waals surface area (Å²) in [5.74, 6) is -9.39. The molecule has 0 saturated carbocycles. The fourth-order valence-corrected chi connectivity index (χ4v) is 16.8. The van der Waals surface area contributed by atoms with Gasteiger partial charge < -0.3 is 80.2 Å². The molecule has 30 nitrogen and oxygen atoms in total. The number of hydrogen-bond donors (Lipinski definition) is 6. The number of piperidine rings is 2. The molecular formula is C82H100F2N12O18. The molecule has 9 aliphatic heterocycles. The van der Waals surface area contributed by atoms with Crippen molar-refractivity contribution < 1.29 is 94.9 Å². The molecule has 4 aromatic rings. The summed E-state index contributed by atoms with van der Waals surface area (Å²) in [6.45, 7) is 8.97. The standard InChI is InChI=1S/C41H48F2N6O10.C41H52N6O8/c1-22-12-32-41(56)57-20-29(39(54)48-11-5-7-31(48)40(55)47-10-4-3-6-30(47)37(52)44-23(2)38(53)49(32)19-22)46-36(51)28(15-25-13-26(42)18-27(43)14-25)45-35(50)17-24-8-9-33-34(16-24)59-21-58-33;1-25-14-16-29(17-15-25)22-35(48)43-30(21-28-10-5-4-6-11-28)36(49)44-31-24-55-41(54)34-20-26(2)23-47(34)38(51)27(3)42-37(50)32-12-7-8-18-45(32)40(53)33-13-9-19-46(33)39(31)52/h8-9,13-14,16,18,22-23,28-32H,3-7,10-12,15,17,19-21H2,1-2H3,(H,44,52)(H,45,50)(H,46,51);4-6,10-11,14-17,26-27,30-34H,7-9,12-13,18-24H2,1-3H3,(H,42,50)(H,43,48)(H,44,49)/t22-,23-,28-,29-,30-,31-,32-;26-,27-,30-,31-,32-,33-,34-/m00/s1. The number of esters is 2. The number of aryl methyl sites for hydroxylation is 1. The van der Waals surface area contributed by atoms with Gasteiger partial charge in [0.05, 0.1) is 12.8 Å². The van der Waals surface area contributed by atoms with E-state index in [0.717, 1.165) is 35.2 Å². The van der Waals surface area contributed by atoms with Crippen LogP contribution in [0.3, 0.4) is 0 Å². The summed E-state index contributed by atoms with van der Waals surface area (Å²) in [6.07, 6.45) is 5.11. The average Bonchev–Trinajstić information content (AvgIpc) is 1.48. The molecule has 8 saturated heterocycles. The molecule has 114 heavy (non-hydrogen) atoms. The van der Waals surface area contributed by atoms with Crippen molar-refractivity contribution in [1.29, 1.82) is 0 Å². The Bertz CT molecular complexity index is 4310. The van der Waals surface area contributed by atoms with E-state index in [2.05, 4.69) is 31.9 Å². The van der Waals surface area contributed by atoms with E-state index in [9.17, 15) is 75.9 Å². The molecule has 4 aromatic carbocycles. The zero-order valence-electron chi connectivity index (χ0n) is 64.7. The van der Waals surface area contributed by atoms with Crippen molar-refractivity contribution in [2.75, 3.05) is 59.3 Å². The summed E-state index contributed by atoms with van der Waals surface area (Å²) in [7, 11) is 0. The molecule has 32 heteroatoms. The van der Waals surface area contributed by atoms with Gasteiger partial charge in [0.25, 0.3) is 0 Å². The molecule has 8 fully saturated rings. The number of carbonyl (C=O) groups excluding carboxylic acids is 14. The minimum Gasteiger partial charge on any atom is -0.461 e. The molecule has 0 aliphatic carbocycles. The molecule has 6 N–H and O–H groups in total. The monoisotopic (exact) mass is 1580 g/mol. The van der Waals surface area contributed by atoms with Crippen LogP contribution in [-0.4, -0.2) is 244 Å². The van der Waals surface area contributed by atoms with Gasteiger partial charge in [-0.2, -0.15) is 0 Å². The zero-order valence-corrected chi connectivity index (χ0v) is 64.7. The number of carbonyl (C=O) groups is 14. The number of halogens is 2. The summed E-state index contributed by atoms with van der Waals surface area (Å²) in [4.78, 5) is 203. The van der Waals surface area contributed by atoms with Crippen molar-refractivity contribution in [1.82, 2.24) is 61.3 Å². The molecule has 0 spiro atoms. The zero-order chi connectivity index (χ0) is 81.2. The average molecular weight is 1580 g/mol. The van der Waals surface area contributed by atoms with Crippen molar-refractivity contribution in [3.8, 4) is 11.5 Å². The molecule has 12 amide bonds. The fourth-order valence-electron chi connectivity index (χ4n) is 16.8. The van der Waals surface area contributed by atoms with Crippen LogP contribution in [0.25, 0.3) is 0 Å². The normalized spacial score (nSPS) is 26.9. The Morgan fingerprint density at radius 3 is 1.36 bits per heavy atom. The Kier molecular flexibility index (Phi) is 26.6. The van der Waals surface area contributed by atoms with Crippen LogP contribution in [0.15, 0.2) is 91.0 Å². The van der Waals surface area contributed by atoms with E-state index in [1.54, 1.807) is 25.1 Å². The van der Waals surface area contributed by atoms with Crippen LogP contribution in [-0.2, 0) is 102 Å². The number of ether oxygens (including phenoxy) is 4. The molecule has 9 aliphatic rings. The first kappa shape index (κ1) is 82.4. The summed E-state index contributed by atoms with van der Waals surface area (Å²) in [6, 6.07) is 11.0. The Morgan fingerprint density at radius 1 is 0.439 bits per heavy atom. The molecule has 9 heterocycles. The number of amides is 12. The van der Waals surface area contributed by atoms with Crippen molar-refractivity contribution in [3.63, 3.8) is 0 Å². The molecule has 0 aromatic heterocycles. The molecule has 0 radical (unpaired) electrons. The second kappa shape index (κ2) is 36.8. The van der Waals surface area contributed by atoms with E-state index in [0.29, 0.717) is 87.5 Å². The Hall–Kier alpha value is -11.1. The maximum absolute atomic E-state index is 14.5. The van der Waals surface area contributed by atoms with Gasteiger partial charge in [-0.05, 0) is 156 Å². The minimum atomic E-state index is -1.59. The van der Waals surface area contributed by atoms with Crippen molar-refractivity contribution in [2.45, 2.75) is 210 Å². The van der Waals surface area contributed by atoms with Gasteiger partial charge in [0, 0.05) is 58.2 Å². The van der Waals surface area contributed by atoms with Gasteiger partial charge in [0.1, 0.15) is 97.4 Å². The van der Waals surface area contributed by atoms with Gasteiger partial charge in [-0.3, -0.25) is 57.5 Å². The lowest BCUT2D eigenvalue weighted by atomic mass is 9.99. The van der Waals surface area contributed by atoms with E-state index >= 15 is 0 Å². The highest BCUT2D eigenvalue weighted by Crippen LogP contribution is 2.34. The number of hydrogen-bond acceptors (Lipinski definition) is 18. The van der Waals surface area contributed by atoms with Crippen molar-refractivity contribution in [2.24, 2.45) is 11.8 Å². The second-order valence-corrected chi connectivity index (χ2v) is 31.4. The van der Waals surface area contributed by atoms with Crippen LogP contribution >= 0.6 is 0 Å². The predicted molar refractivity (Wildman–Crippen MR) is 403 cm³/mol. The lowest BCUT2D eigenvalue weighted by Gasteiger charge is -2.39. The van der Waals surface area contributed by atoms with Crippen molar-refractivity contribution in [3.05, 3.63) is 130 Å². The first-order chi connectivity index (χ1) is 54.6. The van der Waals surface area contributed by atoms with E-state index in [4.69, 9.17) is 18.9 Å². The summed E-state index contributed by atoms with van der Waals surface area (Å²) in [5, 5.41) is 16.4. The lowest BCUT2D eigenvalue weighted by molar-refractivity contribution is -0.158. The molecule has 0 unspecified atom stereocenters. The highest BCUT2D eigenvalue weighted by molar-refractivity contribution is 6.00. The first-order valence-electron chi connectivity index (χ1n) is 39.5. The minimum absolute atomic E-state index is 0.0181. The van der Waals surface area contributed by atoms with Gasteiger partial charge in [-0.25, -0.2) is 18.4 Å². The number of fused-ring (bicyclic) bond motifs is 7.